The van der Waals surface area contributed by atoms with Crippen LogP contribution in [-0.4, -0.2) is 38.3 Å². The quantitative estimate of drug-likeness (QED) is 0.421. The third-order valence-electron chi connectivity index (χ3n) is 4.17. The number of amides is 1. The summed E-state index contributed by atoms with van der Waals surface area (Å²) in [6, 6.07) is 12.4. The van der Waals surface area contributed by atoms with Crippen LogP contribution in [0.3, 0.4) is 0 Å². The third-order valence-corrected chi connectivity index (χ3v) is 4.17. The zero-order valence-corrected chi connectivity index (χ0v) is 18.3. The molecule has 0 spiro atoms. The lowest BCUT2D eigenvalue weighted by Gasteiger charge is -2.14. The van der Waals surface area contributed by atoms with Gasteiger partial charge in [0, 0.05) is 6.08 Å². The molecule has 0 aromatic heterocycles. The number of hydrogen-bond donors (Lipinski definition) is 1. The van der Waals surface area contributed by atoms with Gasteiger partial charge in [-0.3, -0.25) is 4.79 Å². The number of carbonyl (C=O) groups is 2. The van der Waals surface area contributed by atoms with E-state index in [0.717, 1.165) is 12.0 Å². The van der Waals surface area contributed by atoms with Crippen molar-refractivity contribution in [3.8, 4) is 17.2 Å². The monoisotopic (exact) mass is 427 g/mol. The van der Waals surface area contributed by atoms with Crippen molar-refractivity contribution in [1.29, 1.82) is 0 Å². The third kappa shape index (κ3) is 7.37. The number of ether oxygens (including phenoxy) is 4. The Kier molecular flexibility index (Phi) is 9.42. The fourth-order valence-electron chi connectivity index (χ4n) is 2.64. The topological polar surface area (TPSA) is 83.1 Å². The molecule has 166 valence electrons. The van der Waals surface area contributed by atoms with Gasteiger partial charge in [-0.25, -0.2) is 4.79 Å². The lowest BCUT2D eigenvalue weighted by molar-refractivity contribution is -0.148. The molecule has 0 aliphatic carbocycles. The first-order valence-electron chi connectivity index (χ1n) is 10.2. The highest BCUT2D eigenvalue weighted by Crippen LogP contribution is 2.29. The van der Waals surface area contributed by atoms with Crippen molar-refractivity contribution >= 4 is 23.6 Å². The maximum Gasteiger partial charge on any atom is 0.331 e. The first kappa shape index (κ1) is 23.8. The molecule has 0 heterocycles. The molecule has 1 atom stereocenters. The number of para-hydroxylation sites is 2. The molecule has 7 heteroatoms. The van der Waals surface area contributed by atoms with Crippen molar-refractivity contribution in [2.24, 2.45) is 0 Å². The highest BCUT2D eigenvalue weighted by molar-refractivity contribution is 5.97. The van der Waals surface area contributed by atoms with Crippen molar-refractivity contribution in [2.45, 2.75) is 33.3 Å². The summed E-state index contributed by atoms with van der Waals surface area (Å²) in [6.07, 6.45) is 2.77. The number of rotatable bonds is 11. The summed E-state index contributed by atoms with van der Waals surface area (Å²) in [4.78, 5) is 24.5. The van der Waals surface area contributed by atoms with Gasteiger partial charge in [0.1, 0.15) is 5.75 Å². The summed E-state index contributed by atoms with van der Waals surface area (Å²) < 4.78 is 21.7. The molecule has 0 aliphatic heterocycles. The number of anilines is 1. The fourth-order valence-corrected chi connectivity index (χ4v) is 2.64. The number of methoxy groups -OCH3 is 1. The van der Waals surface area contributed by atoms with Gasteiger partial charge >= 0.3 is 5.97 Å². The number of esters is 1. The summed E-state index contributed by atoms with van der Waals surface area (Å²) in [7, 11) is 1.51. The molecule has 31 heavy (non-hydrogen) atoms. The molecular weight excluding hydrogens is 398 g/mol. The van der Waals surface area contributed by atoms with Gasteiger partial charge < -0.3 is 24.3 Å². The van der Waals surface area contributed by atoms with Crippen molar-refractivity contribution in [3.63, 3.8) is 0 Å². The van der Waals surface area contributed by atoms with E-state index >= 15 is 0 Å². The van der Waals surface area contributed by atoms with E-state index in [0.29, 0.717) is 36.1 Å². The van der Waals surface area contributed by atoms with Crippen LogP contribution in [0.25, 0.3) is 6.08 Å². The number of benzene rings is 2. The molecule has 0 bridgehead atoms. The minimum absolute atomic E-state index is 0.456. The van der Waals surface area contributed by atoms with Crippen LogP contribution in [0.2, 0.25) is 0 Å². The van der Waals surface area contributed by atoms with Crippen LogP contribution in [-0.2, 0) is 14.3 Å². The van der Waals surface area contributed by atoms with E-state index in [2.05, 4.69) is 5.32 Å². The molecule has 0 fully saturated rings. The second kappa shape index (κ2) is 12.3. The molecule has 7 nitrogen and oxygen atoms in total. The predicted octanol–water partition coefficient (Wildman–Crippen LogP) is 4.47. The molecule has 2 aromatic carbocycles. The largest absolute Gasteiger partial charge is 0.495 e. The smallest absolute Gasteiger partial charge is 0.331 e. The average molecular weight is 427 g/mol. The van der Waals surface area contributed by atoms with Crippen LogP contribution in [0, 0.1) is 0 Å². The van der Waals surface area contributed by atoms with Gasteiger partial charge in [0.05, 0.1) is 26.0 Å². The number of hydrogen-bond acceptors (Lipinski definition) is 6. The molecule has 0 aliphatic rings. The summed E-state index contributed by atoms with van der Waals surface area (Å²) in [6.45, 7) is 6.51. The van der Waals surface area contributed by atoms with Gasteiger partial charge in [-0.1, -0.05) is 25.1 Å². The van der Waals surface area contributed by atoms with Crippen molar-refractivity contribution in [1.82, 2.24) is 0 Å². The van der Waals surface area contributed by atoms with E-state index in [1.54, 1.807) is 42.5 Å². The fraction of sp³-hybridized carbons (Fsp3) is 0.333. The molecule has 1 unspecified atom stereocenters. The van der Waals surface area contributed by atoms with Crippen LogP contribution >= 0.6 is 0 Å². The minimum atomic E-state index is -0.981. The minimum Gasteiger partial charge on any atom is -0.495 e. The zero-order valence-electron chi connectivity index (χ0n) is 18.3. The Morgan fingerprint density at radius 2 is 1.81 bits per heavy atom. The van der Waals surface area contributed by atoms with Gasteiger partial charge in [-0.05, 0) is 56.2 Å². The molecule has 1 amide bonds. The number of carbonyl (C=O) groups excluding carboxylic acids is 2. The second-order valence-corrected chi connectivity index (χ2v) is 6.59. The van der Waals surface area contributed by atoms with Crippen LogP contribution < -0.4 is 19.5 Å². The highest BCUT2D eigenvalue weighted by Gasteiger charge is 2.18. The van der Waals surface area contributed by atoms with Crippen LogP contribution in [0.5, 0.6) is 17.2 Å². The van der Waals surface area contributed by atoms with Gasteiger partial charge in [-0.15, -0.1) is 0 Å². The van der Waals surface area contributed by atoms with E-state index in [4.69, 9.17) is 18.9 Å². The molecule has 1 N–H and O–H groups in total. The molecule has 0 saturated heterocycles. The summed E-state index contributed by atoms with van der Waals surface area (Å²) in [5.74, 6) is 0.695. The van der Waals surface area contributed by atoms with Crippen molar-refractivity contribution in [2.75, 3.05) is 25.6 Å². The van der Waals surface area contributed by atoms with Gasteiger partial charge in [0.25, 0.3) is 5.91 Å². The Hall–Kier alpha value is -3.48. The lowest BCUT2D eigenvalue weighted by Crippen LogP contribution is -2.29. The number of nitrogens with one attached hydrogen (secondary N) is 1. The average Bonchev–Trinajstić information content (AvgIpc) is 2.77. The van der Waals surface area contributed by atoms with E-state index in [1.165, 1.54) is 20.1 Å². The highest BCUT2D eigenvalue weighted by atomic mass is 16.5. The predicted molar refractivity (Wildman–Crippen MR) is 120 cm³/mol. The SMILES string of the molecule is CCCOc1ccc(/C=C/C(=O)OC(C)C(=O)Nc2ccccc2OC)cc1OCC. The van der Waals surface area contributed by atoms with Crippen molar-refractivity contribution in [3.05, 3.63) is 54.1 Å². The van der Waals surface area contributed by atoms with Crippen molar-refractivity contribution < 1.29 is 28.5 Å². The Labute approximate surface area is 183 Å². The summed E-state index contributed by atoms with van der Waals surface area (Å²) in [5, 5.41) is 2.69. The Bertz CT molecular complexity index is 909. The summed E-state index contributed by atoms with van der Waals surface area (Å²) in [5.41, 5.74) is 1.25. The standard InChI is InChI=1S/C24H29NO6/c1-5-15-30-21-13-11-18(16-22(21)29-6-2)12-14-23(26)31-17(3)24(27)25-19-9-7-8-10-20(19)28-4/h7-14,16-17H,5-6,15H2,1-4H3,(H,25,27)/b14-12+. The van der Waals surface area contributed by atoms with E-state index in [1.807, 2.05) is 19.9 Å². The van der Waals surface area contributed by atoms with Gasteiger partial charge in [-0.2, -0.15) is 0 Å². The first-order chi connectivity index (χ1) is 15.0. The van der Waals surface area contributed by atoms with Gasteiger partial charge in [0.2, 0.25) is 0 Å². The first-order valence-corrected chi connectivity index (χ1v) is 10.2. The van der Waals surface area contributed by atoms with Crippen LogP contribution in [0.15, 0.2) is 48.5 Å². The van der Waals surface area contributed by atoms with E-state index in [9.17, 15) is 9.59 Å². The van der Waals surface area contributed by atoms with E-state index in [-0.39, 0.29) is 0 Å². The Balaban J connectivity index is 1.97. The molecule has 2 aromatic rings. The maximum absolute atomic E-state index is 12.3. The Morgan fingerprint density at radius 1 is 1.03 bits per heavy atom. The zero-order chi connectivity index (χ0) is 22.6. The second-order valence-electron chi connectivity index (χ2n) is 6.59. The maximum atomic E-state index is 12.3. The normalized spacial score (nSPS) is 11.6. The van der Waals surface area contributed by atoms with Crippen LogP contribution in [0.4, 0.5) is 5.69 Å². The molecule has 0 radical (unpaired) electrons. The summed E-state index contributed by atoms with van der Waals surface area (Å²) >= 11 is 0. The molecule has 0 saturated carbocycles. The van der Waals surface area contributed by atoms with E-state index < -0.39 is 18.0 Å². The lowest BCUT2D eigenvalue weighted by atomic mass is 10.2. The Morgan fingerprint density at radius 3 is 2.52 bits per heavy atom. The van der Waals surface area contributed by atoms with Crippen LogP contribution in [0.1, 0.15) is 32.8 Å². The molecular formula is C24H29NO6. The van der Waals surface area contributed by atoms with Gasteiger partial charge in [0.15, 0.2) is 17.6 Å². The molecule has 2 rings (SSSR count).